The third-order valence-electron chi connectivity index (χ3n) is 12.7. The number of halogens is 2. The second kappa shape index (κ2) is 27.2. The summed E-state index contributed by atoms with van der Waals surface area (Å²) in [5, 5.41) is 0. The van der Waals surface area contributed by atoms with Crippen LogP contribution in [-0.2, 0) is 15.1 Å². The molecule has 0 aromatic rings. The minimum atomic E-state index is -0.346. The molecule has 5 heteroatoms. The molecule has 0 N–H and O–H groups in total. The maximum absolute atomic E-state index is 4.85. The molecule has 6 aliphatic carbocycles. The molecule has 0 saturated heterocycles. The van der Waals surface area contributed by atoms with Crippen LogP contribution in [0, 0.1) is 5.41 Å². The van der Waals surface area contributed by atoms with Crippen molar-refractivity contribution in [3.63, 3.8) is 0 Å². The molecule has 0 spiro atoms. The number of rotatable bonds is 7. The molecule has 0 amide bonds. The fourth-order valence-electron chi connectivity index (χ4n) is 10.4. The molecule has 0 nitrogen and oxygen atoms in total. The minimum absolute atomic E-state index is 0.300. The van der Waals surface area contributed by atoms with Crippen molar-refractivity contribution in [2.45, 2.75) is 247 Å². The summed E-state index contributed by atoms with van der Waals surface area (Å²) in [7, 11) is 10.5. The summed E-state index contributed by atoms with van der Waals surface area (Å²) in [6, 6.07) is 0. The summed E-state index contributed by atoms with van der Waals surface area (Å²) in [5.74, 6) is 0. The van der Waals surface area contributed by atoms with Gasteiger partial charge in [0.25, 0.3) is 0 Å². The predicted molar refractivity (Wildman–Crippen MR) is 226 cm³/mol. The molecule has 0 heterocycles. The van der Waals surface area contributed by atoms with Gasteiger partial charge in [0.15, 0.2) is 0 Å². The summed E-state index contributed by atoms with van der Waals surface area (Å²) >= 11 is -0.346. The third-order valence-corrected chi connectivity index (χ3v) is 20.9. The summed E-state index contributed by atoms with van der Waals surface area (Å²) in [5.41, 5.74) is 7.44. The van der Waals surface area contributed by atoms with Crippen molar-refractivity contribution in [3.05, 3.63) is 24.8 Å². The molecule has 0 atom stereocenters. The van der Waals surface area contributed by atoms with E-state index in [0.717, 1.165) is 0 Å². The standard InChI is InChI=1S/2C18H33P.C8H14.2ClH.Ru/c2*1-4-10-16(11-5-1)19(17-12-6-2-7-13-17)18-14-8-3-9-15-18;1-5-6-7-8(2,3)4;;;/h2*16-18H,1-15H2;5-7H,1H2,2-4H3;2*1H;/q;;;;;+2/p-2. The Morgan fingerprint density at radius 1 is 0.429 bits per heavy atom. The van der Waals surface area contributed by atoms with Gasteiger partial charge in [-0.2, -0.15) is 0 Å². The first-order valence-electron chi connectivity index (χ1n) is 21.6. The second-order valence-electron chi connectivity index (χ2n) is 17.7. The molecule has 0 aromatic heterocycles. The average Bonchev–Trinajstić information content (AvgIpc) is 3.14. The molecule has 49 heavy (non-hydrogen) atoms. The molecule has 0 radical (unpaired) electrons. The molecule has 6 fully saturated rings. The van der Waals surface area contributed by atoms with Gasteiger partial charge < -0.3 is 0 Å². The summed E-state index contributed by atoms with van der Waals surface area (Å²) in [6.07, 6.45) is 53.1. The van der Waals surface area contributed by atoms with E-state index in [-0.39, 0.29) is 15.1 Å². The van der Waals surface area contributed by atoms with Gasteiger partial charge in [0.2, 0.25) is 0 Å². The van der Waals surface area contributed by atoms with E-state index in [2.05, 4.69) is 33.4 Å². The van der Waals surface area contributed by atoms with Crippen molar-refractivity contribution in [1.82, 2.24) is 0 Å². The van der Waals surface area contributed by atoms with Crippen LogP contribution in [0.4, 0.5) is 0 Å². The van der Waals surface area contributed by atoms with Crippen molar-refractivity contribution < 1.29 is 15.1 Å². The SMILES string of the molecule is C1CCC(P(C2CCCCC2)C2CCCCC2)CC1.C1CCC(P(C2CCCCC2)C2CCCCC2)CC1.C=CC=CC(C)(C)C.[Cl][Ru][Cl]. The number of hydrogen-bond acceptors (Lipinski definition) is 0. The van der Waals surface area contributed by atoms with Crippen LogP contribution in [0.5, 0.6) is 0 Å². The Hall–Kier alpha value is 1.54. The van der Waals surface area contributed by atoms with E-state index in [4.69, 9.17) is 19.4 Å². The zero-order chi connectivity index (χ0) is 35.2. The van der Waals surface area contributed by atoms with Crippen LogP contribution in [0.25, 0.3) is 0 Å². The Morgan fingerprint density at radius 3 is 0.735 bits per heavy atom. The van der Waals surface area contributed by atoms with Crippen LogP contribution in [0.1, 0.15) is 213 Å². The first-order valence-corrected chi connectivity index (χ1v) is 29.2. The van der Waals surface area contributed by atoms with E-state index in [1.165, 1.54) is 72.5 Å². The van der Waals surface area contributed by atoms with E-state index in [0.29, 0.717) is 21.3 Å². The van der Waals surface area contributed by atoms with Crippen molar-refractivity contribution in [1.29, 1.82) is 0 Å². The molecule has 0 bridgehead atoms. The summed E-state index contributed by atoms with van der Waals surface area (Å²) in [4.78, 5) is 0. The second-order valence-corrected chi connectivity index (χ2v) is 26.5. The third kappa shape index (κ3) is 18.2. The molecular formula is C44H80Cl2P2Ru. The Labute approximate surface area is 325 Å². The summed E-state index contributed by atoms with van der Waals surface area (Å²) < 4.78 is 0. The van der Waals surface area contributed by atoms with Crippen LogP contribution in [0.3, 0.4) is 0 Å². The molecule has 6 rings (SSSR count). The monoisotopic (exact) mass is 842 g/mol. The topological polar surface area (TPSA) is 0 Å². The van der Waals surface area contributed by atoms with Gasteiger partial charge in [-0.1, -0.05) is 177 Å². The normalized spacial score (nSPS) is 24.9. The van der Waals surface area contributed by atoms with Gasteiger partial charge in [-0.15, -0.1) is 0 Å². The number of hydrogen-bond donors (Lipinski definition) is 0. The Kier molecular flexibility index (Phi) is 24.9. The van der Waals surface area contributed by atoms with Gasteiger partial charge >= 0.3 is 34.5 Å². The predicted octanol–water partition coefficient (Wildman–Crippen LogP) is 17.1. The van der Waals surface area contributed by atoms with Crippen LogP contribution < -0.4 is 0 Å². The van der Waals surface area contributed by atoms with Gasteiger partial charge in [-0.25, -0.2) is 0 Å². The Balaban J connectivity index is 0.000000206. The molecular weight excluding hydrogens is 762 g/mol. The molecule has 6 aliphatic rings. The van der Waals surface area contributed by atoms with Gasteiger partial charge in [0.1, 0.15) is 0 Å². The van der Waals surface area contributed by atoms with Crippen LogP contribution in [0.2, 0.25) is 0 Å². The summed E-state index contributed by atoms with van der Waals surface area (Å²) in [6.45, 7) is 10.1. The fourth-order valence-corrected chi connectivity index (χ4v) is 19.8. The van der Waals surface area contributed by atoms with Crippen molar-refractivity contribution in [3.8, 4) is 0 Å². The van der Waals surface area contributed by atoms with Gasteiger partial charge in [0.05, 0.1) is 0 Å². The number of allylic oxidation sites excluding steroid dienone is 3. The van der Waals surface area contributed by atoms with Gasteiger partial charge in [0, 0.05) is 0 Å². The Morgan fingerprint density at radius 2 is 0.612 bits per heavy atom. The van der Waals surface area contributed by atoms with Crippen molar-refractivity contribution >= 4 is 35.2 Å². The Bertz CT molecular complexity index is 683. The average molecular weight is 843 g/mol. The van der Waals surface area contributed by atoms with Crippen molar-refractivity contribution in [2.75, 3.05) is 0 Å². The maximum atomic E-state index is 4.85. The molecule has 0 aromatic carbocycles. The quantitative estimate of drug-likeness (QED) is 0.136. The van der Waals surface area contributed by atoms with E-state index in [1.807, 2.05) is 6.08 Å². The van der Waals surface area contributed by atoms with Crippen LogP contribution in [0.15, 0.2) is 24.8 Å². The fraction of sp³-hybridized carbons (Fsp3) is 0.909. The van der Waals surface area contributed by atoms with E-state index in [9.17, 15) is 0 Å². The van der Waals surface area contributed by atoms with Crippen molar-refractivity contribution in [2.24, 2.45) is 5.41 Å². The van der Waals surface area contributed by atoms with Gasteiger partial charge in [-0.05, 0) is 116 Å². The first-order chi connectivity index (χ1) is 23.9. The zero-order valence-electron chi connectivity index (χ0n) is 32.6. The zero-order valence-corrected chi connectivity index (χ0v) is 37.7. The molecule has 0 unspecified atom stereocenters. The van der Waals surface area contributed by atoms with Gasteiger partial charge in [-0.3, -0.25) is 0 Å². The molecule has 288 valence electrons. The van der Waals surface area contributed by atoms with E-state index < -0.39 is 0 Å². The van der Waals surface area contributed by atoms with E-state index in [1.54, 1.807) is 160 Å². The first kappa shape index (κ1) is 44.9. The van der Waals surface area contributed by atoms with Crippen LogP contribution in [-0.4, -0.2) is 34.0 Å². The van der Waals surface area contributed by atoms with Crippen LogP contribution >= 0.6 is 35.2 Å². The molecule has 6 saturated carbocycles. The van der Waals surface area contributed by atoms with E-state index >= 15 is 0 Å². The molecule has 0 aliphatic heterocycles.